The highest BCUT2D eigenvalue weighted by molar-refractivity contribution is 7.52. The molecule has 22 heavy (non-hydrogen) atoms. The molecule has 0 aliphatic heterocycles. The summed E-state index contributed by atoms with van der Waals surface area (Å²) in [4.78, 5) is 26.7. The van der Waals surface area contributed by atoms with Gasteiger partial charge in [-0.25, -0.2) is 15.0 Å². The summed E-state index contributed by atoms with van der Waals surface area (Å²) in [5.74, 6) is 0.260. The summed E-state index contributed by atoms with van der Waals surface area (Å²) >= 11 is 0. The molecular weight excluding hydrogens is 313 g/mol. The van der Waals surface area contributed by atoms with Gasteiger partial charge < -0.3 is 24.7 Å². The Kier molecular flexibility index (Phi) is 5.30. The Bertz CT molecular complexity index is 676. The third kappa shape index (κ3) is 4.38. The molecule has 3 N–H and O–H groups in total. The zero-order valence-corrected chi connectivity index (χ0v) is 13.1. The average molecular weight is 331 g/mol. The van der Waals surface area contributed by atoms with E-state index in [1.54, 1.807) is 13.8 Å². The van der Waals surface area contributed by atoms with Gasteiger partial charge in [-0.1, -0.05) is 0 Å². The Morgan fingerprint density at radius 2 is 2.14 bits per heavy atom. The van der Waals surface area contributed by atoms with Gasteiger partial charge in [-0.15, -0.1) is 0 Å². The van der Waals surface area contributed by atoms with Gasteiger partial charge in [0.2, 0.25) is 5.65 Å². The zero-order chi connectivity index (χ0) is 16.2. The highest BCUT2D eigenvalue weighted by Gasteiger charge is 2.21. The molecule has 0 spiro atoms. The largest absolute Gasteiger partial charge is 0.408 e. The van der Waals surface area contributed by atoms with Crippen LogP contribution in [0, 0.1) is 0 Å². The zero-order valence-electron chi connectivity index (χ0n) is 12.2. The maximum atomic E-state index is 11.5. The minimum absolute atomic E-state index is 0.103. The van der Waals surface area contributed by atoms with Crippen LogP contribution in [0.5, 0.6) is 0 Å². The minimum Gasteiger partial charge on any atom is -0.408 e. The molecule has 0 aromatic carbocycles. The van der Waals surface area contributed by atoms with Gasteiger partial charge in [-0.2, -0.15) is 4.73 Å². The molecule has 11 heteroatoms. The first kappa shape index (κ1) is 16.6. The van der Waals surface area contributed by atoms with Crippen molar-refractivity contribution in [1.82, 2.24) is 19.7 Å². The number of anilines is 1. The predicted octanol–water partition coefficient (Wildman–Crippen LogP) is 0.422. The Hall–Kier alpha value is -1.74. The smallest absolute Gasteiger partial charge is 0.353 e. The molecule has 122 valence electrons. The summed E-state index contributed by atoms with van der Waals surface area (Å²) < 4.78 is 22.8. The molecule has 0 saturated carbocycles. The molecule has 2 rings (SSSR count). The van der Waals surface area contributed by atoms with Crippen molar-refractivity contribution < 1.29 is 23.6 Å². The van der Waals surface area contributed by atoms with Crippen LogP contribution in [0.4, 0.5) is 5.82 Å². The first-order chi connectivity index (χ1) is 10.4. The number of fused-ring (bicyclic) bond motifs is 1. The Labute approximate surface area is 126 Å². The fourth-order valence-corrected chi connectivity index (χ4v) is 2.74. The van der Waals surface area contributed by atoms with E-state index in [1.807, 2.05) is 0 Å². The number of nitrogens with two attached hydrogens (primary N) is 1. The summed E-state index contributed by atoms with van der Waals surface area (Å²) in [7, 11) is -3.73. The van der Waals surface area contributed by atoms with E-state index in [0.717, 1.165) is 0 Å². The Morgan fingerprint density at radius 3 is 2.86 bits per heavy atom. The molecule has 0 bridgehead atoms. The van der Waals surface area contributed by atoms with Gasteiger partial charge in [-0.05, 0) is 13.8 Å². The molecule has 1 unspecified atom stereocenters. The SMILES string of the molecule is CC(C)OP(=O)(O)COCCOn1cnc2c(N)ncnc21. The fraction of sp³-hybridized carbons (Fsp3) is 0.545. The van der Waals surface area contributed by atoms with E-state index in [-0.39, 0.29) is 25.1 Å². The standard InChI is InChI=1S/C11H18N5O5P/c1-8(2)21-22(17,18)7-19-3-4-20-16-6-15-9-10(12)13-5-14-11(9)16/h5-6,8H,3-4,7H2,1-2H3,(H,17,18)(H2,12,13,14). The van der Waals surface area contributed by atoms with Crippen LogP contribution in [0.2, 0.25) is 0 Å². The third-order valence-electron chi connectivity index (χ3n) is 2.42. The number of hydrogen-bond acceptors (Lipinski definition) is 8. The molecule has 2 aromatic heterocycles. The lowest BCUT2D eigenvalue weighted by atomic mass is 10.5. The van der Waals surface area contributed by atoms with Crippen LogP contribution in [0.15, 0.2) is 12.7 Å². The van der Waals surface area contributed by atoms with E-state index in [0.29, 0.717) is 11.2 Å². The van der Waals surface area contributed by atoms with Gasteiger partial charge in [0.05, 0.1) is 12.7 Å². The van der Waals surface area contributed by atoms with E-state index >= 15 is 0 Å². The molecule has 0 radical (unpaired) electrons. The summed E-state index contributed by atoms with van der Waals surface area (Å²) in [5.41, 5.74) is 6.53. The van der Waals surface area contributed by atoms with Crippen LogP contribution in [-0.4, -0.2) is 50.2 Å². The number of rotatable bonds is 8. The first-order valence-electron chi connectivity index (χ1n) is 6.54. The predicted molar refractivity (Wildman–Crippen MR) is 78.0 cm³/mol. The number of nitrogens with zero attached hydrogens (tertiary/aromatic N) is 4. The summed E-state index contributed by atoms with van der Waals surface area (Å²) in [6, 6.07) is 0. The molecule has 1 atom stereocenters. The molecule has 0 aliphatic carbocycles. The van der Waals surface area contributed by atoms with Crippen LogP contribution >= 0.6 is 7.60 Å². The summed E-state index contributed by atoms with van der Waals surface area (Å²) in [6.45, 7) is 3.58. The topological polar surface area (TPSA) is 135 Å². The first-order valence-corrected chi connectivity index (χ1v) is 8.30. The van der Waals surface area contributed by atoms with E-state index in [1.165, 1.54) is 17.4 Å². The molecule has 2 aromatic rings. The summed E-state index contributed by atoms with van der Waals surface area (Å²) in [6.07, 6.45) is 1.97. The van der Waals surface area contributed by atoms with Gasteiger partial charge in [0.15, 0.2) is 11.3 Å². The van der Waals surface area contributed by atoms with Crippen molar-refractivity contribution in [3.8, 4) is 0 Å². The van der Waals surface area contributed by atoms with Gasteiger partial charge in [0.1, 0.15) is 25.6 Å². The maximum absolute atomic E-state index is 11.5. The van der Waals surface area contributed by atoms with E-state index in [4.69, 9.17) is 19.8 Å². The Balaban J connectivity index is 1.79. The monoisotopic (exact) mass is 331 g/mol. The lowest BCUT2D eigenvalue weighted by Crippen LogP contribution is -2.17. The van der Waals surface area contributed by atoms with Crippen LogP contribution in [0.3, 0.4) is 0 Å². The number of hydrogen-bond donors (Lipinski definition) is 2. The number of ether oxygens (including phenoxy) is 1. The fourth-order valence-electron chi connectivity index (χ4n) is 1.66. The van der Waals surface area contributed by atoms with Gasteiger partial charge in [0, 0.05) is 0 Å². The number of aromatic nitrogens is 4. The van der Waals surface area contributed by atoms with Crippen molar-refractivity contribution in [3.63, 3.8) is 0 Å². The van der Waals surface area contributed by atoms with E-state index in [9.17, 15) is 9.46 Å². The normalized spacial score (nSPS) is 14.4. The van der Waals surface area contributed by atoms with Crippen LogP contribution in [-0.2, 0) is 13.8 Å². The van der Waals surface area contributed by atoms with Crippen molar-refractivity contribution in [2.24, 2.45) is 0 Å². The van der Waals surface area contributed by atoms with Crippen molar-refractivity contribution in [2.45, 2.75) is 20.0 Å². The second-order valence-corrected chi connectivity index (χ2v) is 6.41. The quantitative estimate of drug-likeness (QED) is 0.521. The molecule has 0 amide bonds. The summed E-state index contributed by atoms with van der Waals surface area (Å²) in [5, 5.41) is 0. The average Bonchev–Trinajstić information content (AvgIpc) is 2.81. The van der Waals surface area contributed by atoms with Crippen molar-refractivity contribution in [2.75, 3.05) is 25.3 Å². The second-order valence-electron chi connectivity index (χ2n) is 4.66. The van der Waals surface area contributed by atoms with Crippen molar-refractivity contribution >= 4 is 24.6 Å². The molecule has 2 heterocycles. The molecule has 10 nitrogen and oxygen atoms in total. The third-order valence-corrected chi connectivity index (χ3v) is 3.68. The lowest BCUT2D eigenvalue weighted by Gasteiger charge is -2.15. The van der Waals surface area contributed by atoms with Gasteiger partial charge in [0.25, 0.3) is 0 Å². The van der Waals surface area contributed by atoms with Gasteiger partial charge in [-0.3, -0.25) is 4.57 Å². The highest BCUT2D eigenvalue weighted by Crippen LogP contribution is 2.42. The van der Waals surface area contributed by atoms with E-state index < -0.39 is 13.9 Å². The molecule has 0 fully saturated rings. The highest BCUT2D eigenvalue weighted by atomic mass is 31.2. The van der Waals surface area contributed by atoms with E-state index in [2.05, 4.69) is 15.0 Å². The molecular formula is C11H18N5O5P. The van der Waals surface area contributed by atoms with Crippen molar-refractivity contribution in [3.05, 3.63) is 12.7 Å². The van der Waals surface area contributed by atoms with Gasteiger partial charge >= 0.3 is 7.60 Å². The second kappa shape index (κ2) is 7.01. The molecule has 0 saturated heterocycles. The number of imidazole rings is 1. The van der Waals surface area contributed by atoms with Crippen LogP contribution in [0.1, 0.15) is 13.8 Å². The number of nitrogen functional groups attached to an aromatic ring is 1. The molecule has 0 aliphatic rings. The Morgan fingerprint density at radius 1 is 1.36 bits per heavy atom. The van der Waals surface area contributed by atoms with Crippen LogP contribution < -0.4 is 10.6 Å². The lowest BCUT2D eigenvalue weighted by molar-refractivity contribution is 0.0491. The van der Waals surface area contributed by atoms with Crippen molar-refractivity contribution in [1.29, 1.82) is 0 Å². The van der Waals surface area contributed by atoms with Crippen LogP contribution in [0.25, 0.3) is 11.2 Å². The minimum atomic E-state index is -3.73. The maximum Gasteiger partial charge on any atom is 0.353 e.